The molecule has 5 nitrogen and oxygen atoms in total. The van der Waals surface area contributed by atoms with Gasteiger partial charge in [-0.1, -0.05) is 46.3 Å². The van der Waals surface area contributed by atoms with Crippen LogP contribution in [0.25, 0.3) is 0 Å². The van der Waals surface area contributed by atoms with E-state index in [0.29, 0.717) is 6.04 Å². The third kappa shape index (κ3) is 4.77. The molecule has 1 atom stereocenters. The SMILES string of the molecule is CC1CN(C)CCN1c1ccc(Br)cc1NC(=O)OCc1ccccc1. The second-order valence-corrected chi connectivity index (χ2v) is 7.57. The van der Waals surface area contributed by atoms with Gasteiger partial charge in [-0.3, -0.25) is 5.32 Å². The molecule has 0 bridgehead atoms. The zero-order chi connectivity index (χ0) is 18.5. The highest BCUT2D eigenvalue weighted by atomic mass is 79.9. The van der Waals surface area contributed by atoms with Crippen molar-refractivity contribution in [1.29, 1.82) is 0 Å². The molecule has 0 aliphatic carbocycles. The van der Waals surface area contributed by atoms with Crippen molar-refractivity contribution in [3.63, 3.8) is 0 Å². The number of nitrogens with one attached hydrogen (secondary N) is 1. The lowest BCUT2D eigenvalue weighted by Crippen LogP contribution is -2.50. The van der Waals surface area contributed by atoms with E-state index in [0.717, 1.165) is 41.0 Å². The number of hydrogen-bond acceptors (Lipinski definition) is 4. The molecule has 1 heterocycles. The van der Waals surface area contributed by atoms with Crippen molar-refractivity contribution >= 4 is 33.4 Å². The van der Waals surface area contributed by atoms with Crippen molar-refractivity contribution in [2.75, 3.05) is 36.9 Å². The maximum absolute atomic E-state index is 12.3. The highest BCUT2D eigenvalue weighted by Crippen LogP contribution is 2.32. The molecule has 1 aliphatic heterocycles. The Morgan fingerprint density at radius 3 is 2.73 bits per heavy atom. The predicted octanol–water partition coefficient (Wildman–Crippen LogP) is 4.34. The number of ether oxygens (including phenoxy) is 1. The number of anilines is 2. The fourth-order valence-corrected chi connectivity index (χ4v) is 3.59. The molecule has 6 heteroatoms. The number of amides is 1. The normalized spacial score (nSPS) is 17.8. The van der Waals surface area contributed by atoms with Gasteiger partial charge in [0.2, 0.25) is 0 Å². The summed E-state index contributed by atoms with van der Waals surface area (Å²) < 4.78 is 6.28. The summed E-state index contributed by atoms with van der Waals surface area (Å²) in [5.41, 5.74) is 2.74. The van der Waals surface area contributed by atoms with Crippen LogP contribution in [0, 0.1) is 0 Å². The Balaban J connectivity index is 1.70. The Kier molecular flexibility index (Phi) is 6.16. The second-order valence-electron chi connectivity index (χ2n) is 6.65. The van der Waals surface area contributed by atoms with Gasteiger partial charge in [-0.15, -0.1) is 0 Å². The topological polar surface area (TPSA) is 44.8 Å². The van der Waals surface area contributed by atoms with Crippen LogP contribution in [0.15, 0.2) is 53.0 Å². The van der Waals surface area contributed by atoms with E-state index < -0.39 is 6.09 Å². The van der Waals surface area contributed by atoms with E-state index >= 15 is 0 Å². The van der Waals surface area contributed by atoms with Gasteiger partial charge in [0.1, 0.15) is 6.61 Å². The molecule has 0 spiro atoms. The van der Waals surface area contributed by atoms with Crippen LogP contribution in [-0.2, 0) is 11.3 Å². The number of benzene rings is 2. The van der Waals surface area contributed by atoms with Crippen molar-refractivity contribution < 1.29 is 9.53 Å². The van der Waals surface area contributed by atoms with Crippen LogP contribution in [0.5, 0.6) is 0 Å². The molecule has 1 unspecified atom stereocenters. The highest BCUT2D eigenvalue weighted by Gasteiger charge is 2.24. The van der Waals surface area contributed by atoms with E-state index in [1.165, 1.54) is 0 Å². The largest absolute Gasteiger partial charge is 0.444 e. The summed E-state index contributed by atoms with van der Waals surface area (Å²) in [7, 11) is 2.13. The van der Waals surface area contributed by atoms with Gasteiger partial charge in [0, 0.05) is 30.1 Å². The van der Waals surface area contributed by atoms with E-state index in [1.54, 1.807) is 0 Å². The van der Waals surface area contributed by atoms with Crippen molar-refractivity contribution in [2.24, 2.45) is 0 Å². The molecule has 0 saturated carbocycles. The van der Waals surface area contributed by atoms with Gasteiger partial charge < -0.3 is 14.5 Å². The highest BCUT2D eigenvalue weighted by molar-refractivity contribution is 9.10. The molecular weight excluding hydrogens is 394 g/mol. The Hall–Kier alpha value is -2.05. The Morgan fingerprint density at radius 2 is 2.00 bits per heavy atom. The summed E-state index contributed by atoms with van der Waals surface area (Å²) in [6.45, 7) is 5.37. The van der Waals surface area contributed by atoms with Crippen LogP contribution in [0.4, 0.5) is 16.2 Å². The summed E-state index contributed by atoms with van der Waals surface area (Å²) in [6, 6.07) is 16.0. The third-order valence-corrected chi connectivity index (χ3v) is 5.04. The average molecular weight is 418 g/mol. The van der Waals surface area contributed by atoms with Crippen LogP contribution in [0.1, 0.15) is 12.5 Å². The van der Waals surface area contributed by atoms with Gasteiger partial charge in [0.15, 0.2) is 0 Å². The first-order valence-corrected chi connectivity index (χ1v) is 9.54. The number of likely N-dealkylation sites (N-methyl/N-ethyl adjacent to an activating group) is 1. The Bertz CT molecular complexity index is 754. The zero-order valence-corrected chi connectivity index (χ0v) is 16.7. The predicted molar refractivity (Wildman–Crippen MR) is 109 cm³/mol. The standard InChI is InChI=1S/C20H24BrN3O2/c1-15-13-23(2)10-11-24(15)19-9-8-17(21)12-18(19)22-20(25)26-14-16-6-4-3-5-7-16/h3-9,12,15H,10-11,13-14H2,1-2H3,(H,22,25). The summed E-state index contributed by atoms with van der Waals surface area (Å²) >= 11 is 3.49. The minimum absolute atomic E-state index is 0.251. The Labute approximate surface area is 163 Å². The summed E-state index contributed by atoms with van der Waals surface area (Å²) in [4.78, 5) is 16.9. The molecule has 0 radical (unpaired) electrons. The van der Waals surface area contributed by atoms with Crippen molar-refractivity contribution in [2.45, 2.75) is 19.6 Å². The zero-order valence-electron chi connectivity index (χ0n) is 15.1. The fourth-order valence-electron chi connectivity index (χ4n) is 3.23. The maximum atomic E-state index is 12.3. The molecule has 3 rings (SSSR count). The van der Waals surface area contributed by atoms with Crippen molar-refractivity contribution in [1.82, 2.24) is 4.90 Å². The number of hydrogen-bond donors (Lipinski definition) is 1. The van der Waals surface area contributed by atoms with Gasteiger partial charge in [-0.25, -0.2) is 4.79 Å². The molecule has 0 aromatic heterocycles. The third-order valence-electron chi connectivity index (χ3n) is 4.55. The Morgan fingerprint density at radius 1 is 1.23 bits per heavy atom. The quantitative estimate of drug-likeness (QED) is 0.803. The van der Waals surface area contributed by atoms with Crippen LogP contribution in [0.2, 0.25) is 0 Å². The van der Waals surface area contributed by atoms with E-state index in [4.69, 9.17) is 4.74 Å². The van der Waals surface area contributed by atoms with E-state index in [1.807, 2.05) is 48.5 Å². The molecular formula is C20H24BrN3O2. The van der Waals surface area contributed by atoms with Gasteiger partial charge in [-0.05, 0) is 37.7 Å². The minimum Gasteiger partial charge on any atom is -0.444 e. The first-order valence-electron chi connectivity index (χ1n) is 8.75. The maximum Gasteiger partial charge on any atom is 0.412 e. The molecule has 1 aliphatic rings. The monoisotopic (exact) mass is 417 g/mol. The van der Waals surface area contributed by atoms with Crippen LogP contribution >= 0.6 is 15.9 Å². The number of carbonyl (C=O) groups excluding carboxylic acids is 1. The number of rotatable bonds is 4. The van der Waals surface area contributed by atoms with Crippen LogP contribution < -0.4 is 10.2 Å². The van der Waals surface area contributed by atoms with Crippen LogP contribution in [-0.4, -0.2) is 43.7 Å². The molecule has 1 N–H and O–H groups in total. The van der Waals surface area contributed by atoms with Crippen molar-refractivity contribution in [3.8, 4) is 0 Å². The van der Waals surface area contributed by atoms with Crippen molar-refractivity contribution in [3.05, 3.63) is 58.6 Å². The van der Waals surface area contributed by atoms with E-state index in [9.17, 15) is 4.79 Å². The van der Waals surface area contributed by atoms with E-state index in [-0.39, 0.29) is 6.61 Å². The molecule has 138 valence electrons. The molecule has 1 fully saturated rings. The number of piperazine rings is 1. The lowest BCUT2D eigenvalue weighted by atomic mass is 10.1. The van der Waals surface area contributed by atoms with Gasteiger partial charge >= 0.3 is 6.09 Å². The first-order chi connectivity index (χ1) is 12.5. The van der Waals surface area contributed by atoms with Gasteiger partial charge in [0.05, 0.1) is 11.4 Å². The summed E-state index contributed by atoms with van der Waals surface area (Å²) in [5, 5.41) is 2.90. The lowest BCUT2D eigenvalue weighted by molar-refractivity contribution is 0.155. The molecule has 2 aromatic carbocycles. The number of nitrogens with zero attached hydrogens (tertiary/aromatic N) is 2. The summed E-state index contributed by atoms with van der Waals surface area (Å²) in [5.74, 6) is 0. The molecule has 1 saturated heterocycles. The van der Waals surface area contributed by atoms with E-state index in [2.05, 4.69) is 45.0 Å². The number of halogens is 1. The number of carbonyl (C=O) groups is 1. The van der Waals surface area contributed by atoms with Crippen LogP contribution in [0.3, 0.4) is 0 Å². The summed E-state index contributed by atoms with van der Waals surface area (Å²) in [6.07, 6.45) is -0.449. The molecule has 26 heavy (non-hydrogen) atoms. The smallest absolute Gasteiger partial charge is 0.412 e. The lowest BCUT2D eigenvalue weighted by Gasteiger charge is -2.40. The molecule has 2 aromatic rings. The first kappa shape index (κ1) is 18.7. The fraction of sp³-hybridized carbons (Fsp3) is 0.350. The van der Waals surface area contributed by atoms with Gasteiger partial charge in [-0.2, -0.15) is 0 Å². The minimum atomic E-state index is -0.449. The van der Waals surface area contributed by atoms with Gasteiger partial charge in [0.25, 0.3) is 0 Å². The molecule has 1 amide bonds. The second kappa shape index (κ2) is 8.56. The average Bonchev–Trinajstić information content (AvgIpc) is 2.62.